The highest BCUT2D eigenvalue weighted by molar-refractivity contribution is 6.18. The lowest BCUT2D eigenvalue weighted by atomic mass is 10.0. The normalized spacial score (nSPS) is 12.2. The zero-order valence-electron chi connectivity index (χ0n) is 38.5. The van der Waals surface area contributed by atoms with Crippen LogP contribution >= 0.6 is 0 Å². The summed E-state index contributed by atoms with van der Waals surface area (Å²) >= 11 is 0. The van der Waals surface area contributed by atoms with Crippen molar-refractivity contribution in [3.8, 4) is 0 Å². The number of rotatable bonds is 6. The lowest BCUT2D eigenvalue weighted by Crippen LogP contribution is -2.09. The van der Waals surface area contributed by atoms with Crippen molar-refractivity contribution in [2.24, 2.45) is 0 Å². The number of fused-ring (bicyclic) bond motifs is 17. The van der Waals surface area contributed by atoms with Gasteiger partial charge in [-0.2, -0.15) is 0 Å². The van der Waals surface area contributed by atoms with Crippen LogP contribution in [0.5, 0.6) is 0 Å². The van der Waals surface area contributed by atoms with Crippen LogP contribution in [-0.4, -0.2) is 0 Å². The minimum Gasteiger partial charge on any atom is -0.456 e. The first kappa shape index (κ1) is 39.1. The summed E-state index contributed by atoms with van der Waals surface area (Å²) in [6.45, 7) is 0. The second kappa shape index (κ2) is 14.9. The van der Waals surface area contributed by atoms with Gasteiger partial charge in [0.05, 0.1) is 0 Å². The minimum atomic E-state index is 0.813. The number of para-hydroxylation sites is 2. The molecule has 0 aliphatic rings. The fourth-order valence-electron chi connectivity index (χ4n) is 11.4. The maximum absolute atomic E-state index is 6.76. The van der Waals surface area contributed by atoms with Crippen molar-refractivity contribution < 1.29 is 17.7 Å². The lowest BCUT2D eigenvalue weighted by molar-refractivity contribution is 0.668. The Hall–Kier alpha value is -9.78. The SMILES string of the molecule is c1ccc(N(c2ccc3c(c2)oc2cc4cc5c(cc4cc23)oc2cc(N(c3ccccc3)c3ccc4c(c3)oc3c6ccccc6ccc43)ccc25)c2ccc3c(c2)oc2c4ccccc4ccc32)cc1. The van der Waals surface area contributed by atoms with Crippen LogP contribution in [0.4, 0.5) is 34.1 Å². The predicted molar refractivity (Wildman–Crippen MR) is 297 cm³/mol. The van der Waals surface area contributed by atoms with Crippen LogP contribution in [-0.2, 0) is 0 Å². The second-order valence-electron chi connectivity index (χ2n) is 18.8. The molecule has 0 saturated carbocycles. The zero-order chi connectivity index (χ0) is 47.0. The number of anilines is 6. The molecule has 0 aliphatic heterocycles. The van der Waals surface area contributed by atoms with E-state index in [1.165, 1.54) is 0 Å². The molecule has 0 N–H and O–H groups in total. The Morgan fingerprint density at radius 1 is 0.194 bits per heavy atom. The Labute approximate surface area is 410 Å². The summed E-state index contributed by atoms with van der Waals surface area (Å²) in [5, 5.41) is 15.3. The lowest BCUT2D eigenvalue weighted by Gasteiger charge is -2.25. The quantitative estimate of drug-likeness (QED) is 0.166. The molecule has 0 radical (unpaired) electrons. The van der Waals surface area contributed by atoms with Gasteiger partial charge in [-0.15, -0.1) is 0 Å². The molecule has 12 aromatic carbocycles. The van der Waals surface area contributed by atoms with Crippen molar-refractivity contribution in [1.82, 2.24) is 0 Å². The van der Waals surface area contributed by atoms with Gasteiger partial charge in [0.25, 0.3) is 0 Å². The third-order valence-electron chi connectivity index (χ3n) is 14.7. The van der Waals surface area contributed by atoms with Crippen LogP contribution < -0.4 is 9.80 Å². The summed E-state index contributed by atoms with van der Waals surface area (Å²) in [6.07, 6.45) is 0. The summed E-state index contributed by atoms with van der Waals surface area (Å²) in [6, 6.07) is 81.2. The molecule has 0 aliphatic carbocycles. The van der Waals surface area contributed by atoms with Gasteiger partial charge in [-0.25, -0.2) is 0 Å². The van der Waals surface area contributed by atoms with E-state index in [0.29, 0.717) is 0 Å². The van der Waals surface area contributed by atoms with Gasteiger partial charge in [0.15, 0.2) is 0 Å². The van der Waals surface area contributed by atoms with Gasteiger partial charge in [-0.05, 0) is 131 Å². The third-order valence-corrected chi connectivity index (χ3v) is 14.7. The molecule has 6 nitrogen and oxygen atoms in total. The van der Waals surface area contributed by atoms with Crippen molar-refractivity contribution >= 4 is 154 Å². The summed E-state index contributed by atoms with van der Waals surface area (Å²) in [7, 11) is 0. The van der Waals surface area contributed by atoms with Crippen LogP contribution in [0.15, 0.2) is 248 Å². The molecule has 0 amide bonds. The molecule has 0 atom stereocenters. The Balaban J connectivity index is 0.780. The maximum atomic E-state index is 6.76. The second-order valence-corrected chi connectivity index (χ2v) is 18.8. The van der Waals surface area contributed by atoms with Crippen LogP contribution in [0.25, 0.3) is 120 Å². The monoisotopic (exact) mass is 922 g/mol. The van der Waals surface area contributed by atoms with Crippen molar-refractivity contribution in [1.29, 1.82) is 0 Å². The Kier molecular flexibility index (Phi) is 8.07. The van der Waals surface area contributed by atoms with Crippen LogP contribution in [0.3, 0.4) is 0 Å². The van der Waals surface area contributed by atoms with Gasteiger partial charge in [0.2, 0.25) is 0 Å². The Bertz CT molecular complexity index is 4580. The first-order chi connectivity index (χ1) is 35.6. The predicted octanol–water partition coefficient (Wildman–Crippen LogP) is 19.7. The summed E-state index contributed by atoms with van der Waals surface area (Å²) < 4.78 is 26.8. The number of furan rings is 4. The molecule has 16 rings (SSSR count). The third kappa shape index (κ3) is 5.84. The van der Waals surface area contributed by atoms with Gasteiger partial charge in [-0.3, -0.25) is 0 Å². The van der Waals surface area contributed by atoms with E-state index in [1.807, 2.05) is 12.1 Å². The molecule has 0 fully saturated rings. The van der Waals surface area contributed by atoms with E-state index in [1.54, 1.807) is 0 Å². The number of hydrogen-bond donors (Lipinski definition) is 0. The average Bonchev–Trinajstić information content (AvgIpc) is 4.20. The standard InChI is InChI=1S/C66H38N2O4/c1-3-13-43(14-4-1)67(47-21-27-51-55-25-19-39-11-7-9-17-49(39)65(55)71-63(51)37-47)45-23-29-53-57-31-41-34-60-58(32-42(41)33-59(57)69-61(53)35-45)54-30-24-46(36-62(54)70-60)68(44-15-5-2-6-16-44)48-22-28-52-56-26-20-40-12-8-10-18-50(40)66(56)72-64(52)38-48/h1-38H. The smallest absolute Gasteiger partial charge is 0.143 e. The summed E-state index contributed by atoms with van der Waals surface area (Å²) in [4.78, 5) is 4.52. The van der Waals surface area contributed by atoms with E-state index in [0.717, 1.165) is 154 Å². The van der Waals surface area contributed by atoms with E-state index in [-0.39, 0.29) is 0 Å². The van der Waals surface area contributed by atoms with E-state index in [9.17, 15) is 0 Å². The maximum Gasteiger partial charge on any atom is 0.143 e. The topological polar surface area (TPSA) is 59.0 Å². The van der Waals surface area contributed by atoms with Gasteiger partial charge < -0.3 is 27.5 Å². The van der Waals surface area contributed by atoms with Crippen LogP contribution in [0.2, 0.25) is 0 Å². The number of nitrogens with zero attached hydrogens (tertiary/aromatic N) is 2. The van der Waals surface area contributed by atoms with Crippen LogP contribution in [0.1, 0.15) is 0 Å². The number of benzene rings is 12. The fraction of sp³-hybridized carbons (Fsp3) is 0. The van der Waals surface area contributed by atoms with Crippen molar-refractivity contribution in [2.45, 2.75) is 0 Å². The highest BCUT2D eigenvalue weighted by Gasteiger charge is 2.21. The molecule has 4 heterocycles. The molecule has 0 unspecified atom stereocenters. The average molecular weight is 923 g/mol. The van der Waals surface area contributed by atoms with E-state index in [4.69, 9.17) is 17.7 Å². The molecule has 0 spiro atoms. The van der Waals surface area contributed by atoms with E-state index in [2.05, 4.69) is 228 Å². The first-order valence-corrected chi connectivity index (χ1v) is 24.3. The van der Waals surface area contributed by atoms with Crippen LogP contribution in [0, 0.1) is 0 Å². The van der Waals surface area contributed by atoms with Crippen molar-refractivity contribution in [3.05, 3.63) is 231 Å². The van der Waals surface area contributed by atoms with Crippen molar-refractivity contribution in [2.75, 3.05) is 9.80 Å². The molecular formula is C66H38N2O4. The first-order valence-electron chi connectivity index (χ1n) is 24.3. The van der Waals surface area contributed by atoms with Gasteiger partial charge in [0.1, 0.15) is 44.7 Å². The van der Waals surface area contributed by atoms with Gasteiger partial charge >= 0.3 is 0 Å². The molecule has 16 aromatic rings. The van der Waals surface area contributed by atoms with Gasteiger partial charge in [0, 0.05) is 112 Å². The molecule has 0 bridgehead atoms. The number of hydrogen-bond acceptors (Lipinski definition) is 6. The molecule has 6 heteroatoms. The molecule has 0 saturated heterocycles. The largest absolute Gasteiger partial charge is 0.456 e. The highest BCUT2D eigenvalue weighted by Crippen LogP contribution is 2.45. The summed E-state index contributed by atoms with van der Waals surface area (Å²) in [5.74, 6) is 0. The molecular weight excluding hydrogens is 885 g/mol. The molecule has 72 heavy (non-hydrogen) atoms. The fourth-order valence-corrected chi connectivity index (χ4v) is 11.4. The van der Waals surface area contributed by atoms with E-state index < -0.39 is 0 Å². The Morgan fingerprint density at radius 2 is 0.528 bits per heavy atom. The van der Waals surface area contributed by atoms with Gasteiger partial charge in [-0.1, -0.05) is 97.1 Å². The minimum absolute atomic E-state index is 0.813. The molecule has 4 aromatic heterocycles. The zero-order valence-corrected chi connectivity index (χ0v) is 38.5. The Morgan fingerprint density at radius 3 is 0.944 bits per heavy atom. The van der Waals surface area contributed by atoms with Crippen molar-refractivity contribution in [3.63, 3.8) is 0 Å². The highest BCUT2D eigenvalue weighted by atomic mass is 16.3. The molecule has 336 valence electrons. The van der Waals surface area contributed by atoms with E-state index >= 15 is 0 Å². The summed E-state index contributed by atoms with van der Waals surface area (Å²) in [5.41, 5.74) is 12.8.